The number of anilines is 1. The molecule has 156 valence electrons. The predicted molar refractivity (Wildman–Crippen MR) is 117 cm³/mol. The summed E-state index contributed by atoms with van der Waals surface area (Å²) in [4.78, 5) is 43.8. The maximum absolute atomic E-state index is 12.8. The standard InChI is InChI=1S/C21H19BrN4O3.ClH/c1-11-6-7-16(22)24-17(11)25-18(27)14-8-21(9-15(21)23-14)10-26-19(28)12-4-2-3-5-13(12)20(26)29;/h2-7,14-15,23H,8-10H2,1H3,(H,24,25,27);1H/t14-,15+,21-;/m0./s1. The van der Waals surface area contributed by atoms with Crippen LogP contribution in [0.1, 0.15) is 39.1 Å². The highest BCUT2D eigenvalue weighted by Gasteiger charge is 2.63. The second kappa shape index (κ2) is 7.44. The Hall–Kier alpha value is -2.29. The number of hydrogen-bond donors (Lipinski definition) is 2. The fourth-order valence-corrected chi connectivity index (χ4v) is 4.77. The first-order valence-corrected chi connectivity index (χ1v) is 10.3. The number of pyridine rings is 1. The number of aryl methyl sites for hydroxylation is 1. The van der Waals surface area contributed by atoms with Crippen LogP contribution in [0.3, 0.4) is 0 Å². The van der Waals surface area contributed by atoms with Crippen molar-refractivity contribution in [2.45, 2.75) is 31.8 Å². The lowest BCUT2D eigenvalue weighted by molar-refractivity contribution is -0.118. The van der Waals surface area contributed by atoms with E-state index in [9.17, 15) is 14.4 Å². The molecule has 0 spiro atoms. The molecule has 2 N–H and O–H groups in total. The molecule has 9 heteroatoms. The van der Waals surface area contributed by atoms with Gasteiger partial charge in [-0.15, -0.1) is 12.4 Å². The molecule has 1 aromatic heterocycles. The molecule has 0 unspecified atom stereocenters. The highest BCUT2D eigenvalue weighted by molar-refractivity contribution is 9.10. The van der Waals surface area contributed by atoms with Crippen LogP contribution >= 0.6 is 28.3 Å². The zero-order valence-corrected chi connectivity index (χ0v) is 18.5. The summed E-state index contributed by atoms with van der Waals surface area (Å²) in [5.41, 5.74) is 1.57. The largest absolute Gasteiger partial charge is 0.309 e. The molecule has 3 heterocycles. The van der Waals surface area contributed by atoms with Crippen LogP contribution in [0.5, 0.6) is 0 Å². The Morgan fingerprint density at radius 2 is 1.87 bits per heavy atom. The topological polar surface area (TPSA) is 91.4 Å². The third-order valence-corrected chi connectivity index (χ3v) is 6.62. The molecule has 2 fully saturated rings. The Morgan fingerprint density at radius 1 is 1.20 bits per heavy atom. The number of amides is 3. The number of carbonyl (C=O) groups is 3. The first kappa shape index (κ1) is 21.0. The normalized spacial score (nSPS) is 26.1. The van der Waals surface area contributed by atoms with Gasteiger partial charge in [0.15, 0.2) is 0 Å². The molecular formula is C21H20BrClN4O3. The number of piperidine rings is 1. The summed E-state index contributed by atoms with van der Waals surface area (Å²) in [6.45, 7) is 2.23. The summed E-state index contributed by atoms with van der Waals surface area (Å²) < 4.78 is 0.655. The number of hydrogen-bond acceptors (Lipinski definition) is 5. The smallest absolute Gasteiger partial charge is 0.261 e. The predicted octanol–water partition coefficient (Wildman–Crippen LogP) is 2.93. The minimum Gasteiger partial charge on any atom is -0.309 e. The Bertz CT molecular complexity index is 1040. The molecule has 2 aromatic rings. The van der Waals surface area contributed by atoms with E-state index in [1.807, 2.05) is 19.1 Å². The number of imide groups is 1. The minimum absolute atomic E-state index is 0. The van der Waals surface area contributed by atoms with Gasteiger partial charge in [-0.25, -0.2) is 4.98 Å². The van der Waals surface area contributed by atoms with E-state index >= 15 is 0 Å². The van der Waals surface area contributed by atoms with Gasteiger partial charge in [0.05, 0.1) is 17.2 Å². The highest BCUT2D eigenvalue weighted by atomic mass is 79.9. The molecule has 2 aliphatic heterocycles. The summed E-state index contributed by atoms with van der Waals surface area (Å²) in [7, 11) is 0. The van der Waals surface area contributed by atoms with Crippen LogP contribution in [0.25, 0.3) is 0 Å². The third kappa shape index (κ3) is 3.33. The molecule has 1 aromatic carbocycles. The molecule has 30 heavy (non-hydrogen) atoms. The molecule has 7 nitrogen and oxygen atoms in total. The summed E-state index contributed by atoms with van der Waals surface area (Å²) >= 11 is 3.32. The number of halogens is 2. The number of fused-ring (bicyclic) bond motifs is 2. The van der Waals surface area contributed by atoms with Crippen molar-refractivity contribution >= 4 is 51.9 Å². The van der Waals surface area contributed by atoms with Gasteiger partial charge in [-0.2, -0.15) is 0 Å². The monoisotopic (exact) mass is 490 g/mol. The Morgan fingerprint density at radius 3 is 2.53 bits per heavy atom. The van der Waals surface area contributed by atoms with Gasteiger partial charge in [-0.05, 0) is 59.5 Å². The first-order valence-electron chi connectivity index (χ1n) is 9.53. The number of benzene rings is 1. The summed E-state index contributed by atoms with van der Waals surface area (Å²) in [6, 6.07) is 10.4. The number of carbonyl (C=O) groups excluding carboxylic acids is 3. The second-order valence-electron chi connectivity index (χ2n) is 8.07. The zero-order valence-electron chi connectivity index (χ0n) is 16.1. The Labute approximate surface area is 188 Å². The fourth-order valence-electron chi connectivity index (χ4n) is 4.46. The van der Waals surface area contributed by atoms with E-state index in [0.29, 0.717) is 34.5 Å². The quantitative estimate of drug-likeness (QED) is 0.507. The van der Waals surface area contributed by atoms with Gasteiger partial charge in [0, 0.05) is 18.0 Å². The van der Waals surface area contributed by atoms with Gasteiger partial charge in [-0.3, -0.25) is 19.3 Å². The van der Waals surface area contributed by atoms with Crippen molar-refractivity contribution in [3.05, 3.63) is 57.7 Å². The number of rotatable bonds is 4. The van der Waals surface area contributed by atoms with Crippen molar-refractivity contribution in [3.63, 3.8) is 0 Å². The van der Waals surface area contributed by atoms with E-state index in [1.54, 1.807) is 24.3 Å². The lowest BCUT2D eigenvalue weighted by Gasteiger charge is -2.21. The van der Waals surface area contributed by atoms with E-state index in [1.165, 1.54) is 4.90 Å². The molecule has 5 rings (SSSR count). The molecule has 3 atom stereocenters. The molecule has 3 amide bonds. The van der Waals surface area contributed by atoms with Crippen LogP contribution in [-0.2, 0) is 4.79 Å². The number of aromatic nitrogens is 1. The van der Waals surface area contributed by atoms with Gasteiger partial charge in [0.2, 0.25) is 5.91 Å². The van der Waals surface area contributed by atoms with Crippen LogP contribution in [0.15, 0.2) is 41.0 Å². The van der Waals surface area contributed by atoms with Crippen molar-refractivity contribution in [3.8, 4) is 0 Å². The van der Waals surface area contributed by atoms with Gasteiger partial charge in [0.25, 0.3) is 11.8 Å². The van der Waals surface area contributed by atoms with Crippen LogP contribution in [0.4, 0.5) is 5.82 Å². The first-order chi connectivity index (χ1) is 13.9. The van der Waals surface area contributed by atoms with Crippen LogP contribution in [0, 0.1) is 12.3 Å². The second-order valence-corrected chi connectivity index (χ2v) is 8.89. The molecule has 1 saturated carbocycles. The van der Waals surface area contributed by atoms with Gasteiger partial charge in [0.1, 0.15) is 10.4 Å². The van der Waals surface area contributed by atoms with Crippen molar-refractivity contribution in [2.24, 2.45) is 5.41 Å². The molecular weight excluding hydrogens is 472 g/mol. The highest BCUT2D eigenvalue weighted by Crippen LogP contribution is 2.55. The van der Waals surface area contributed by atoms with E-state index in [0.717, 1.165) is 12.0 Å². The summed E-state index contributed by atoms with van der Waals surface area (Å²) in [5.74, 6) is -0.103. The Kier molecular flexibility index (Phi) is 5.20. The maximum atomic E-state index is 12.8. The lowest BCUT2D eigenvalue weighted by Crippen LogP contribution is -2.39. The van der Waals surface area contributed by atoms with Gasteiger partial charge >= 0.3 is 0 Å². The summed E-state index contributed by atoms with van der Waals surface area (Å²) in [5, 5.41) is 6.23. The number of nitrogens with one attached hydrogen (secondary N) is 2. The lowest BCUT2D eigenvalue weighted by atomic mass is 9.98. The summed E-state index contributed by atoms with van der Waals surface area (Å²) in [6.07, 6.45) is 1.45. The number of nitrogens with zero attached hydrogens (tertiary/aromatic N) is 2. The third-order valence-electron chi connectivity index (χ3n) is 6.18. The SMILES string of the molecule is Cc1ccc(Br)nc1NC(=O)[C@@H]1C[C@@]2(CN3C(=O)c4ccccc4C3=O)C[C@H]2N1.Cl. The van der Waals surface area contributed by atoms with E-state index in [-0.39, 0.29) is 47.6 Å². The zero-order chi connectivity index (χ0) is 20.3. The molecule has 0 radical (unpaired) electrons. The molecule has 1 aliphatic carbocycles. The van der Waals surface area contributed by atoms with E-state index in [2.05, 4.69) is 31.5 Å². The van der Waals surface area contributed by atoms with Crippen LogP contribution in [-0.4, -0.2) is 46.2 Å². The fraction of sp³-hybridized carbons (Fsp3) is 0.333. The van der Waals surface area contributed by atoms with Crippen LogP contribution < -0.4 is 10.6 Å². The average molecular weight is 492 g/mol. The van der Waals surface area contributed by atoms with Crippen LogP contribution in [0.2, 0.25) is 0 Å². The van der Waals surface area contributed by atoms with E-state index in [4.69, 9.17) is 0 Å². The van der Waals surface area contributed by atoms with E-state index < -0.39 is 0 Å². The van der Waals surface area contributed by atoms with Crippen molar-refractivity contribution < 1.29 is 14.4 Å². The van der Waals surface area contributed by atoms with Gasteiger partial charge in [-0.1, -0.05) is 18.2 Å². The van der Waals surface area contributed by atoms with Crippen molar-refractivity contribution in [1.82, 2.24) is 15.2 Å². The molecule has 1 saturated heterocycles. The minimum atomic E-state index is -0.371. The molecule has 3 aliphatic rings. The van der Waals surface area contributed by atoms with Crippen molar-refractivity contribution in [1.29, 1.82) is 0 Å². The Balaban J connectivity index is 0.00000218. The van der Waals surface area contributed by atoms with Crippen molar-refractivity contribution in [2.75, 3.05) is 11.9 Å². The molecule has 0 bridgehead atoms. The van der Waals surface area contributed by atoms with Gasteiger partial charge < -0.3 is 10.6 Å². The maximum Gasteiger partial charge on any atom is 0.261 e. The average Bonchev–Trinajstić information content (AvgIpc) is 3.17.